The summed E-state index contributed by atoms with van der Waals surface area (Å²) in [5.41, 5.74) is 7.42. The molecule has 0 aliphatic heterocycles. The number of nitrogens with two attached hydrogens (primary N) is 1. The highest BCUT2D eigenvalue weighted by Gasteiger charge is 2.19. The summed E-state index contributed by atoms with van der Waals surface area (Å²) in [5.74, 6) is 0. The maximum atomic E-state index is 6.01. The molecule has 15 heavy (non-hydrogen) atoms. The van der Waals surface area contributed by atoms with Gasteiger partial charge in [-0.15, -0.1) is 0 Å². The van der Waals surface area contributed by atoms with E-state index in [1.807, 2.05) is 6.92 Å². The van der Waals surface area contributed by atoms with Crippen LogP contribution in [0.4, 0.5) is 0 Å². The second kappa shape index (κ2) is 4.00. The van der Waals surface area contributed by atoms with E-state index in [1.54, 1.807) is 17.1 Å². The van der Waals surface area contributed by atoms with Gasteiger partial charge in [0.15, 0.2) is 0 Å². The number of hydrogen-bond donors (Lipinski definition) is 2. The molecule has 7 heteroatoms. The summed E-state index contributed by atoms with van der Waals surface area (Å²) in [6, 6.07) is -0.404. The van der Waals surface area contributed by atoms with E-state index in [0.29, 0.717) is 17.3 Å². The second-order valence-electron chi connectivity index (χ2n) is 3.07. The topological polar surface area (TPSA) is 85.4 Å². The van der Waals surface area contributed by atoms with Crippen molar-refractivity contribution in [3.05, 3.63) is 28.8 Å². The third kappa shape index (κ3) is 1.73. The van der Waals surface area contributed by atoms with E-state index < -0.39 is 6.04 Å². The number of hydrogen-bond acceptors (Lipinski definition) is 4. The Morgan fingerprint density at radius 1 is 1.60 bits per heavy atom. The summed E-state index contributed by atoms with van der Waals surface area (Å²) >= 11 is 6.01. The first-order valence-corrected chi connectivity index (χ1v) is 4.94. The molecule has 0 aromatic carbocycles. The predicted molar refractivity (Wildman–Crippen MR) is 55.3 cm³/mol. The summed E-state index contributed by atoms with van der Waals surface area (Å²) in [4.78, 5) is 0. The quantitative estimate of drug-likeness (QED) is 0.808. The summed E-state index contributed by atoms with van der Waals surface area (Å²) < 4.78 is 1.75. The first kappa shape index (κ1) is 10.1. The van der Waals surface area contributed by atoms with Gasteiger partial charge in [0, 0.05) is 6.54 Å². The normalized spacial score (nSPS) is 13.0. The fourth-order valence-electron chi connectivity index (χ4n) is 1.43. The number of rotatable bonds is 3. The van der Waals surface area contributed by atoms with Crippen LogP contribution in [0.1, 0.15) is 24.4 Å². The Bertz CT molecular complexity index is 434. The van der Waals surface area contributed by atoms with E-state index in [4.69, 9.17) is 17.3 Å². The second-order valence-corrected chi connectivity index (χ2v) is 3.47. The molecule has 0 bridgehead atoms. The smallest absolute Gasteiger partial charge is 0.105 e. The molecule has 0 aliphatic rings. The molecule has 0 saturated heterocycles. The Labute approximate surface area is 91.4 Å². The molecule has 2 heterocycles. The molecule has 1 unspecified atom stereocenters. The number of aromatic amines is 1. The highest BCUT2D eigenvalue weighted by molar-refractivity contribution is 6.31. The zero-order valence-electron chi connectivity index (χ0n) is 8.18. The zero-order valence-corrected chi connectivity index (χ0v) is 8.94. The number of halogens is 1. The lowest BCUT2D eigenvalue weighted by Gasteiger charge is -2.10. The molecule has 0 aliphatic carbocycles. The van der Waals surface area contributed by atoms with Gasteiger partial charge >= 0.3 is 0 Å². The van der Waals surface area contributed by atoms with E-state index in [0.717, 1.165) is 5.69 Å². The van der Waals surface area contributed by atoms with Crippen molar-refractivity contribution in [1.29, 1.82) is 0 Å². The Morgan fingerprint density at radius 2 is 2.40 bits per heavy atom. The van der Waals surface area contributed by atoms with Crippen molar-refractivity contribution >= 4 is 11.6 Å². The van der Waals surface area contributed by atoms with Gasteiger partial charge in [-0.25, -0.2) is 0 Å². The highest BCUT2D eigenvalue weighted by Crippen LogP contribution is 2.24. The van der Waals surface area contributed by atoms with Crippen LogP contribution in [0.5, 0.6) is 0 Å². The highest BCUT2D eigenvalue weighted by atomic mass is 35.5. The third-order valence-corrected chi connectivity index (χ3v) is 2.47. The van der Waals surface area contributed by atoms with Gasteiger partial charge in [-0.05, 0) is 6.92 Å². The number of H-pyrrole nitrogens is 1. The van der Waals surface area contributed by atoms with Crippen molar-refractivity contribution < 1.29 is 0 Å². The molecule has 2 aromatic rings. The average molecular weight is 227 g/mol. The fourth-order valence-corrected chi connectivity index (χ4v) is 1.69. The minimum Gasteiger partial charge on any atom is -0.318 e. The minimum absolute atomic E-state index is 0.404. The molecule has 80 valence electrons. The van der Waals surface area contributed by atoms with Crippen molar-refractivity contribution in [3.63, 3.8) is 0 Å². The van der Waals surface area contributed by atoms with Gasteiger partial charge in [-0.2, -0.15) is 20.5 Å². The molecule has 1 atom stereocenters. The number of aromatic nitrogens is 5. The molecule has 3 N–H and O–H groups in total. The van der Waals surface area contributed by atoms with E-state index >= 15 is 0 Å². The molecule has 0 amide bonds. The third-order valence-electron chi connectivity index (χ3n) is 2.18. The Kier molecular flexibility index (Phi) is 2.70. The summed E-state index contributed by atoms with van der Waals surface area (Å²) in [6.45, 7) is 2.69. The molecular formula is C8H11ClN6. The number of aryl methyl sites for hydroxylation is 1. The van der Waals surface area contributed by atoms with Crippen LogP contribution < -0.4 is 5.73 Å². The van der Waals surface area contributed by atoms with Gasteiger partial charge in [0.25, 0.3) is 0 Å². The Hall–Kier alpha value is -1.40. The minimum atomic E-state index is -0.404. The average Bonchev–Trinajstić information content (AvgIpc) is 2.85. The van der Waals surface area contributed by atoms with Gasteiger partial charge in [-0.1, -0.05) is 11.6 Å². The number of nitrogens with one attached hydrogen (secondary N) is 1. The molecular weight excluding hydrogens is 216 g/mol. The lowest BCUT2D eigenvalue weighted by Crippen LogP contribution is -2.18. The predicted octanol–water partition coefficient (Wildman–Crippen LogP) is 0.723. The van der Waals surface area contributed by atoms with Gasteiger partial charge in [-0.3, -0.25) is 4.68 Å². The molecule has 0 saturated carbocycles. The molecule has 6 nitrogen and oxygen atoms in total. The Balaban J connectivity index is 2.40. The van der Waals surface area contributed by atoms with Crippen LogP contribution in [0, 0.1) is 0 Å². The van der Waals surface area contributed by atoms with Crippen LogP contribution in [-0.2, 0) is 6.54 Å². The maximum Gasteiger partial charge on any atom is 0.105 e. The molecule has 0 spiro atoms. The summed E-state index contributed by atoms with van der Waals surface area (Å²) in [7, 11) is 0. The van der Waals surface area contributed by atoms with Crippen molar-refractivity contribution in [3.8, 4) is 0 Å². The van der Waals surface area contributed by atoms with E-state index in [-0.39, 0.29) is 0 Å². The Morgan fingerprint density at radius 3 is 3.00 bits per heavy atom. The summed E-state index contributed by atoms with van der Waals surface area (Å²) in [6.07, 6.45) is 3.16. The first-order valence-electron chi connectivity index (χ1n) is 4.56. The van der Waals surface area contributed by atoms with Gasteiger partial charge < -0.3 is 5.73 Å². The molecule has 0 radical (unpaired) electrons. The maximum absolute atomic E-state index is 6.01. The zero-order chi connectivity index (χ0) is 10.8. The van der Waals surface area contributed by atoms with Crippen molar-refractivity contribution in [2.75, 3.05) is 0 Å². The van der Waals surface area contributed by atoms with E-state index in [9.17, 15) is 0 Å². The van der Waals surface area contributed by atoms with Gasteiger partial charge in [0.1, 0.15) is 5.69 Å². The van der Waals surface area contributed by atoms with Crippen molar-refractivity contribution in [2.45, 2.75) is 19.5 Å². The monoisotopic (exact) mass is 226 g/mol. The largest absolute Gasteiger partial charge is 0.318 e. The lowest BCUT2D eigenvalue weighted by atomic mass is 10.1. The van der Waals surface area contributed by atoms with Crippen LogP contribution in [0.2, 0.25) is 5.02 Å². The molecule has 0 fully saturated rings. The molecule has 2 aromatic heterocycles. The van der Waals surface area contributed by atoms with Crippen LogP contribution in [0.25, 0.3) is 0 Å². The van der Waals surface area contributed by atoms with Crippen molar-refractivity contribution in [2.24, 2.45) is 5.73 Å². The SMILES string of the molecule is CCn1ncc(Cl)c1C(N)c1cn[nH]n1. The van der Waals surface area contributed by atoms with Gasteiger partial charge in [0.2, 0.25) is 0 Å². The van der Waals surface area contributed by atoms with Crippen LogP contribution in [0.3, 0.4) is 0 Å². The van der Waals surface area contributed by atoms with Crippen LogP contribution >= 0.6 is 11.6 Å². The summed E-state index contributed by atoms with van der Waals surface area (Å²) in [5, 5.41) is 14.8. The first-order chi connectivity index (χ1) is 7.24. The van der Waals surface area contributed by atoms with Crippen LogP contribution in [0.15, 0.2) is 12.4 Å². The van der Waals surface area contributed by atoms with Crippen LogP contribution in [-0.4, -0.2) is 25.2 Å². The van der Waals surface area contributed by atoms with E-state index in [1.165, 1.54) is 0 Å². The van der Waals surface area contributed by atoms with E-state index in [2.05, 4.69) is 20.5 Å². The van der Waals surface area contributed by atoms with Gasteiger partial charge in [0.05, 0.1) is 29.2 Å². The standard InChI is InChI=1S/C8H11ClN6/c1-2-15-8(5(9)3-12-15)7(10)6-4-11-14-13-6/h3-4,7H,2,10H2,1H3,(H,11,13,14). The molecule has 2 rings (SSSR count). The lowest BCUT2D eigenvalue weighted by molar-refractivity contribution is 0.596. The fraction of sp³-hybridized carbons (Fsp3) is 0.375. The van der Waals surface area contributed by atoms with Crippen molar-refractivity contribution in [1.82, 2.24) is 25.2 Å². The number of nitrogens with zero attached hydrogens (tertiary/aromatic N) is 4.